The number of esters is 2. The molecule has 0 aromatic rings. The summed E-state index contributed by atoms with van der Waals surface area (Å²) in [6.07, 6.45) is 6.15. The molecule has 0 amide bonds. The Labute approximate surface area is 185 Å². The standard InChI is InChI=1S/C22H40BrNO5/c1-21(2,3)28-19(25)14-24(13-12-23)18(20(26)29-22(4,5)6)16-27-15-17-10-8-7-9-11-17/h17-18H,7-16H2,1-6H3/t18-/m0/s1. The normalized spacial score (nSPS) is 17.2. The molecule has 0 aromatic heterocycles. The van der Waals surface area contributed by atoms with Gasteiger partial charge in [0.2, 0.25) is 0 Å². The van der Waals surface area contributed by atoms with Crippen molar-refractivity contribution in [3.63, 3.8) is 0 Å². The van der Waals surface area contributed by atoms with Crippen molar-refractivity contribution in [3.05, 3.63) is 0 Å². The molecule has 0 aliphatic heterocycles. The molecule has 1 fully saturated rings. The van der Waals surface area contributed by atoms with Crippen LogP contribution in [-0.2, 0) is 23.8 Å². The Morgan fingerprint density at radius 2 is 1.59 bits per heavy atom. The van der Waals surface area contributed by atoms with Gasteiger partial charge in [0, 0.05) is 18.5 Å². The third kappa shape index (κ3) is 11.9. The third-order valence-corrected chi connectivity index (χ3v) is 4.95. The number of halogens is 1. The number of nitrogens with zero attached hydrogens (tertiary/aromatic N) is 1. The molecule has 1 rings (SSSR count). The van der Waals surface area contributed by atoms with Crippen LogP contribution in [-0.4, -0.2) is 65.7 Å². The zero-order valence-electron chi connectivity index (χ0n) is 19.1. The summed E-state index contributed by atoms with van der Waals surface area (Å²) in [5.41, 5.74) is -1.18. The van der Waals surface area contributed by atoms with Crippen LogP contribution in [0.25, 0.3) is 0 Å². The quantitative estimate of drug-likeness (QED) is 0.344. The van der Waals surface area contributed by atoms with E-state index in [-0.39, 0.29) is 25.1 Å². The highest BCUT2D eigenvalue weighted by Crippen LogP contribution is 2.24. The van der Waals surface area contributed by atoms with Crippen molar-refractivity contribution in [2.75, 3.05) is 31.6 Å². The Hall–Kier alpha value is -0.660. The minimum Gasteiger partial charge on any atom is -0.459 e. The van der Waals surface area contributed by atoms with Gasteiger partial charge >= 0.3 is 11.9 Å². The molecular weight excluding hydrogens is 438 g/mol. The van der Waals surface area contributed by atoms with E-state index in [0.717, 1.165) is 0 Å². The van der Waals surface area contributed by atoms with Crippen LogP contribution in [0.3, 0.4) is 0 Å². The molecule has 0 saturated heterocycles. The largest absolute Gasteiger partial charge is 0.459 e. The maximum atomic E-state index is 12.9. The number of ether oxygens (including phenoxy) is 3. The summed E-state index contributed by atoms with van der Waals surface area (Å²) in [4.78, 5) is 27.1. The first-order valence-electron chi connectivity index (χ1n) is 10.7. The fraction of sp³-hybridized carbons (Fsp3) is 0.909. The second-order valence-electron chi connectivity index (χ2n) is 9.84. The van der Waals surface area contributed by atoms with Crippen LogP contribution in [0.15, 0.2) is 0 Å². The molecule has 0 N–H and O–H groups in total. The van der Waals surface area contributed by atoms with E-state index in [2.05, 4.69) is 15.9 Å². The lowest BCUT2D eigenvalue weighted by Crippen LogP contribution is -2.50. The van der Waals surface area contributed by atoms with Crippen LogP contribution in [0, 0.1) is 5.92 Å². The van der Waals surface area contributed by atoms with E-state index in [0.29, 0.717) is 24.4 Å². The van der Waals surface area contributed by atoms with Gasteiger partial charge in [-0.25, -0.2) is 0 Å². The van der Waals surface area contributed by atoms with Crippen LogP contribution in [0.2, 0.25) is 0 Å². The summed E-state index contributed by atoms with van der Waals surface area (Å²) >= 11 is 3.42. The second-order valence-corrected chi connectivity index (χ2v) is 10.6. The Balaban J connectivity index is 2.81. The first kappa shape index (κ1) is 26.4. The molecule has 1 aliphatic rings. The fourth-order valence-electron chi connectivity index (χ4n) is 3.39. The Morgan fingerprint density at radius 3 is 2.10 bits per heavy atom. The highest BCUT2D eigenvalue weighted by atomic mass is 79.9. The Bertz CT molecular complexity index is 506. The summed E-state index contributed by atoms with van der Waals surface area (Å²) in [6, 6.07) is -0.650. The van der Waals surface area contributed by atoms with Crippen molar-refractivity contribution < 1.29 is 23.8 Å². The van der Waals surface area contributed by atoms with Gasteiger partial charge in [-0.1, -0.05) is 35.2 Å². The SMILES string of the molecule is CC(C)(C)OC(=O)CN(CCBr)[C@@H](COCC1CCCCC1)C(=O)OC(C)(C)C. The van der Waals surface area contributed by atoms with Crippen molar-refractivity contribution in [2.45, 2.75) is 90.9 Å². The molecule has 0 heterocycles. The van der Waals surface area contributed by atoms with Gasteiger partial charge in [-0.3, -0.25) is 14.5 Å². The average molecular weight is 478 g/mol. The van der Waals surface area contributed by atoms with Gasteiger partial charge in [0.05, 0.1) is 13.2 Å². The molecule has 29 heavy (non-hydrogen) atoms. The first-order valence-corrected chi connectivity index (χ1v) is 11.9. The van der Waals surface area contributed by atoms with Crippen molar-refractivity contribution in [1.82, 2.24) is 4.90 Å². The fourth-order valence-corrected chi connectivity index (χ4v) is 3.84. The monoisotopic (exact) mass is 477 g/mol. The first-order chi connectivity index (χ1) is 13.4. The van der Waals surface area contributed by atoms with Gasteiger partial charge in [-0.05, 0) is 60.3 Å². The van der Waals surface area contributed by atoms with Crippen LogP contribution >= 0.6 is 15.9 Å². The summed E-state index contributed by atoms with van der Waals surface area (Å²) in [5, 5.41) is 0.623. The van der Waals surface area contributed by atoms with Gasteiger partial charge in [-0.15, -0.1) is 0 Å². The van der Waals surface area contributed by atoms with Gasteiger partial charge in [0.15, 0.2) is 0 Å². The molecule has 7 heteroatoms. The number of carbonyl (C=O) groups is 2. The molecule has 0 aromatic carbocycles. The van der Waals surface area contributed by atoms with Crippen molar-refractivity contribution >= 4 is 27.9 Å². The number of alkyl halides is 1. The lowest BCUT2D eigenvalue weighted by Gasteiger charge is -2.32. The number of carbonyl (C=O) groups excluding carboxylic acids is 2. The molecule has 6 nitrogen and oxygen atoms in total. The van der Waals surface area contributed by atoms with Gasteiger partial charge in [-0.2, -0.15) is 0 Å². The zero-order chi connectivity index (χ0) is 22.1. The van der Waals surface area contributed by atoms with Crippen LogP contribution in [0.5, 0.6) is 0 Å². The Morgan fingerprint density at radius 1 is 1.00 bits per heavy atom. The van der Waals surface area contributed by atoms with Gasteiger partial charge < -0.3 is 14.2 Å². The second kappa shape index (κ2) is 12.3. The predicted octanol–water partition coefficient (Wildman–Crippen LogP) is 4.33. The van der Waals surface area contributed by atoms with E-state index in [9.17, 15) is 9.59 Å². The topological polar surface area (TPSA) is 65.1 Å². The molecule has 0 spiro atoms. The van der Waals surface area contributed by atoms with E-state index in [1.165, 1.54) is 32.1 Å². The highest BCUT2D eigenvalue weighted by molar-refractivity contribution is 9.09. The molecule has 0 radical (unpaired) electrons. The summed E-state index contributed by atoms with van der Waals surface area (Å²) in [6.45, 7) is 12.4. The van der Waals surface area contributed by atoms with Crippen molar-refractivity contribution in [2.24, 2.45) is 5.92 Å². The maximum absolute atomic E-state index is 12.9. The minimum atomic E-state index is -0.650. The smallest absolute Gasteiger partial charge is 0.326 e. The predicted molar refractivity (Wildman–Crippen MR) is 118 cm³/mol. The van der Waals surface area contributed by atoms with Crippen LogP contribution in [0.4, 0.5) is 0 Å². The number of hydrogen-bond donors (Lipinski definition) is 0. The third-order valence-electron chi connectivity index (χ3n) is 4.60. The van der Waals surface area contributed by atoms with Crippen LogP contribution in [0.1, 0.15) is 73.6 Å². The molecule has 0 unspecified atom stereocenters. The Kier molecular flexibility index (Phi) is 11.1. The zero-order valence-corrected chi connectivity index (χ0v) is 20.7. The summed E-state index contributed by atoms with van der Waals surface area (Å²) < 4.78 is 17.1. The summed E-state index contributed by atoms with van der Waals surface area (Å²) in [5.74, 6) is -0.177. The van der Waals surface area contributed by atoms with Crippen LogP contribution < -0.4 is 0 Å². The molecule has 1 aliphatic carbocycles. The minimum absolute atomic E-state index is 0.0135. The molecule has 170 valence electrons. The van der Waals surface area contributed by atoms with E-state index >= 15 is 0 Å². The lowest BCUT2D eigenvalue weighted by atomic mass is 9.90. The van der Waals surface area contributed by atoms with E-state index in [1.54, 1.807) is 4.90 Å². The van der Waals surface area contributed by atoms with Crippen molar-refractivity contribution in [3.8, 4) is 0 Å². The van der Waals surface area contributed by atoms with E-state index in [4.69, 9.17) is 14.2 Å². The maximum Gasteiger partial charge on any atom is 0.326 e. The lowest BCUT2D eigenvalue weighted by molar-refractivity contribution is -0.167. The van der Waals surface area contributed by atoms with Gasteiger partial charge in [0.1, 0.15) is 17.2 Å². The molecule has 0 bridgehead atoms. The van der Waals surface area contributed by atoms with E-state index in [1.807, 2.05) is 41.5 Å². The number of rotatable bonds is 10. The molecular formula is C22H40BrNO5. The number of hydrogen-bond acceptors (Lipinski definition) is 6. The van der Waals surface area contributed by atoms with Gasteiger partial charge in [0.25, 0.3) is 0 Å². The molecule has 1 atom stereocenters. The molecule has 1 saturated carbocycles. The average Bonchev–Trinajstić information content (AvgIpc) is 2.56. The summed E-state index contributed by atoms with van der Waals surface area (Å²) in [7, 11) is 0. The van der Waals surface area contributed by atoms with E-state index < -0.39 is 17.2 Å². The van der Waals surface area contributed by atoms with Crippen molar-refractivity contribution in [1.29, 1.82) is 0 Å². The highest BCUT2D eigenvalue weighted by Gasteiger charge is 2.33.